The van der Waals surface area contributed by atoms with Gasteiger partial charge in [-0.2, -0.15) is 0 Å². The molecule has 1 heterocycles. The first-order valence-corrected chi connectivity index (χ1v) is 10.4. The van der Waals surface area contributed by atoms with E-state index in [1.165, 1.54) is 12.1 Å². The highest BCUT2D eigenvalue weighted by atomic mass is 32.2. The van der Waals surface area contributed by atoms with E-state index < -0.39 is 23.3 Å². The molecular weight excluding hydrogens is 398 g/mol. The van der Waals surface area contributed by atoms with E-state index in [0.717, 1.165) is 11.0 Å². The molecule has 5 nitrogen and oxygen atoms in total. The molecule has 8 heteroatoms. The molecule has 156 valence electrons. The predicted octanol–water partition coefficient (Wildman–Crippen LogP) is 4.50. The van der Waals surface area contributed by atoms with E-state index in [-0.39, 0.29) is 18.5 Å². The van der Waals surface area contributed by atoms with Crippen LogP contribution in [0, 0.1) is 11.6 Å². The van der Waals surface area contributed by atoms with E-state index in [0.29, 0.717) is 29.9 Å². The number of halogens is 2. The Balaban J connectivity index is 1.77. The Kier molecular flexibility index (Phi) is 6.31. The van der Waals surface area contributed by atoms with Gasteiger partial charge in [0.2, 0.25) is 5.91 Å². The van der Waals surface area contributed by atoms with Crippen LogP contribution in [0.1, 0.15) is 39.2 Å². The summed E-state index contributed by atoms with van der Waals surface area (Å²) in [6.07, 6.45) is 3.94. The van der Waals surface area contributed by atoms with Gasteiger partial charge in [-0.3, -0.25) is 4.79 Å². The molecule has 29 heavy (non-hydrogen) atoms. The number of rotatable bonds is 3. The molecule has 1 atom stereocenters. The zero-order valence-corrected chi connectivity index (χ0v) is 17.4. The van der Waals surface area contributed by atoms with Gasteiger partial charge >= 0.3 is 6.09 Å². The van der Waals surface area contributed by atoms with E-state index in [9.17, 15) is 18.4 Å². The van der Waals surface area contributed by atoms with Gasteiger partial charge in [0.05, 0.1) is 18.3 Å². The van der Waals surface area contributed by atoms with Gasteiger partial charge in [-0.1, -0.05) is 6.08 Å². The van der Waals surface area contributed by atoms with Gasteiger partial charge in [0.25, 0.3) is 0 Å². The smallest absolute Gasteiger partial charge is 0.408 e. The molecule has 0 radical (unpaired) electrons. The molecule has 1 aliphatic heterocycles. The number of nitrogens with one attached hydrogen (secondary N) is 1. The summed E-state index contributed by atoms with van der Waals surface area (Å²) < 4.78 is 32.4. The molecule has 0 aromatic heterocycles. The minimum atomic E-state index is -0.674. The fourth-order valence-corrected chi connectivity index (χ4v) is 4.34. The highest BCUT2D eigenvalue weighted by molar-refractivity contribution is 8.03. The quantitative estimate of drug-likeness (QED) is 0.780. The lowest BCUT2D eigenvalue weighted by Gasteiger charge is -2.29. The number of benzene rings is 1. The highest BCUT2D eigenvalue weighted by Crippen LogP contribution is 2.35. The number of hydrogen-bond acceptors (Lipinski definition) is 4. The number of allylic oxidation sites excluding steroid dienone is 1. The van der Waals surface area contributed by atoms with Crippen LogP contribution in [0.2, 0.25) is 0 Å². The minimum absolute atomic E-state index is 0.0847. The van der Waals surface area contributed by atoms with Crippen molar-refractivity contribution in [2.75, 3.05) is 5.75 Å². The summed E-state index contributed by atoms with van der Waals surface area (Å²) in [4.78, 5) is 27.2. The molecule has 1 aliphatic carbocycles. The van der Waals surface area contributed by atoms with Crippen LogP contribution in [0.5, 0.6) is 0 Å². The van der Waals surface area contributed by atoms with Crippen molar-refractivity contribution >= 4 is 23.8 Å². The summed E-state index contributed by atoms with van der Waals surface area (Å²) in [6.45, 7) is 5.47. The van der Waals surface area contributed by atoms with Crippen LogP contribution >= 0.6 is 11.8 Å². The Hall–Kier alpha value is -2.35. The van der Waals surface area contributed by atoms with Crippen molar-refractivity contribution in [1.29, 1.82) is 0 Å². The molecule has 1 N–H and O–H groups in total. The molecule has 0 bridgehead atoms. The molecular formula is C21H24F2N2O3S. The maximum Gasteiger partial charge on any atom is 0.408 e. The topological polar surface area (TPSA) is 58.6 Å². The summed E-state index contributed by atoms with van der Waals surface area (Å²) in [5, 5.41) is 2.82. The summed E-state index contributed by atoms with van der Waals surface area (Å²) in [5.41, 5.74) is 0.509. The van der Waals surface area contributed by atoms with E-state index in [4.69, 9.17) is 4.74 Å². The van der Waals surface area contributed by atoms with Crippen molar-refractivity contribution < 1.29 is 23.1 Å². The normalized spacial score (nSPS) is 19.7. The summed E-state index contributed by atoms with van der Waals surface area (Å²) in [7, 11) is 0. The molecule has 2 amide bonds. The third-order valence-electron chi connectivity index (χ3n) is 4.33. The predicted molar refractivity (Wildman–Crippen MR) is 108 cm³/mol. The fourth-order valence-electron chi connectivity index (χ4n) is 3.19. The average Bonchev–Trinajstić information content (AvgIpc) is 2.71. The van der Waals surface area contributed by atoms with E-state index in [1.54, 1.807) is 49.6 Å². The van der Waals surface area contributed by atoms with Crippen LogP contribution in [-0.4, -0.2) is 34.3 Å². The zero-order chi connectivity index (χ0) is 21.2. The Morgan fingerprint density at radius 2 is 1.97 bits per heavy atom. The minimum Gasteiger partial charge on any atom is -0.444 e. The second-order valence-electron chi connectivity index (χ2n) is 7.98. The monoisotopic (exact) mass is 422 g/mol. The van der Waals surface area contributed by atoms with E-state index >= 15 is 0 Å². The largest absolute Gasteiger partial charge is 0.444 e. The van der Waals surface area contributed by atoms with Gasteiger partial charge in [-0.15, -0.1) is 11.8 Å². The third kappa shape index (κ3) is 5.82. The Morgan fingerprint density at radius 1 is 1.28 bits per heavy atom. The standard InChI is InChI=1S/C21H24F2N2O3S/c1-21(2,3)28-20(27)24-16-4-5-17-18(11-16)29-7-6-19(26)25(17)12-13-8-14(22)10-15(23)9-13/h4-5,8-10,16H,6-7,11-12H2,1-3H3,(H,24,27). The third-order valence-corrected chi connectivity index (χ3v) is 5.46. The molecule has 0 saturated carbocycles. The molecule has 3 rings (SSSR count). The van der Waals surface area contributed by atoms with Crippen molar-refractivity contribution in [3.05, 3.63) is 58.2 Å². The summed E-state index contributed by atoms with van der Waals surface area (Å²) in [5.74, 6) is -0.840. The number of carbonyl (C=O) groups excluding carboxylic acids is 2. The van der Waals surface area contributed by atoms with Gasteiger partial charge in [-0.05, 0) is 44.5 Å². The highest BCUT2D eigenvalue weighted by Gasteiger charge is 2.29. The van der Waals surface area contributed by atoms with Crippen molar-refractivity contribution in [2.24, 2.45) is 0 Å². The maximum absolute atomic E-state index is 13.6. The molecule has 1 aromatic rings. The number of ether oxygens (including phenoxy) is 1. The SMILES string of the molecule is CC(C)(C)OC(=O)NC1C=CC2=C(C1)SCCC(=O)N2Cc1cc(F)cc(F)c1. The van der Waals surface area contributed by atoms with Gasteiger partial charge in [0.1, 0.15) is 17.2 Å². The summed E-state index contributed by atoms with van der Waals surface area (Å²) >= 11 is 1.56. The van der Waals surface area contributed by atoms with Crippen LogP contribution in [0.25, 0.3) is 0 Å². The number of alkyl carbamates (subject to hydrolysis) is 1. The van der Waals surface area contributed by atoms with Crippen LogP contribution in [0.3, 0.4) is 0 Å². The first-order chi connectivity index (χ1) is 13.6. The maximum atomic E-state index is 13.6. The van der Waals surface area contributed by atoms with Crippen LogP contribution < -0.4 is 5.32 Å². The van der Waals surface area contributed by atoms with Gasteiger partial charge in [-0.25, -0.2) is 13.6 Å². The number of nitrogens with zero attached hydrogens (tertiary/aromatic N) is 1. The molecule has 0 spiro atoms. The van der Waals surface area contributed by atoms with Crippen molar-refractivity contribution in [3.63, 3.8) is 0 Å². The van der Waals surface area contributed by atoms with Crippen molar-refractivity contribution in [2.45, 2.75) is 51.8 Å². The summed E-state index contributed by atoms with van der Waals surface area (Å²) in [6, 6.07) is 3.02. The van der Waals surface area contributed by atoms with E-state index in [2.05, 4.69) is 5.32 Å². The Labute approximate surface area is 173 Å². The molecule has 1 aromatic carbocycles. The van der Waals surface area contributed by atoms with Gasteiger partial charge < -0.3 is 15.0 Å². The number of thioether (sulfide) groups is 1. The number of amides is 2. The Morgan fingerprint density at radius 3 is 2.62 bits per heavy atom. The number of carbonyl (C=O) groups is 2. The average molecular weight is 422 g/mol. The number of hydrogen-bond donors (Lipinski definition) is 1. The Bertz CT molecular complexity index is 857. The van der Waals surface area contributed by atoms with Crippen LogP contribution in [-0.2, 0) is 16.1 Å². The molecule has 0 fully saturated rings. The first kappa shape index (κ1) is 21.4. The fraction of sp³-hybridized carbons (Fsp3) is 0.429. The second-order valence-corrected chi connectivity index (χ2v) is 9.17. The van der Waals surface area contributed by atoms with Crippen molar-refractivity contribution in [3.8, 4) is 0 Å². The molecule has 0 saturated heterocycles. The lowest BCUT2D eigenvalue weighted by Crippen LogP contribution is -2.39. The van der Waals surface area contributed by atoms with Gasteiger partial charge in [0.15, 0.2) is 0 Å². The first-order valence-electron chi connectivity index (χ1n) is 9.40. The lowest BCUT2D eigenvalue weighted by atomic mass is 10.0. The van der Waals surface area contributed by atoms with Gasteiger partial charge in [0, 0.05) is 29.6 Å². The second kappa shape index (κ2) is 8.57. The molecule has 2 aliphatic rings. The van der Waals surface area contributed by atoms with E-state index in [1.807, 2.05) is 0 Å². The van der Waals surface area contributed by atoms with Crippen LogP contribution in [0.15, 0.2) is 41.0 Å². The van der Waals surface area contributed by atoms with Crippen LogP contribution in [0.4, 0.5) is 13.6 Å². The molecule has 1 unspecified atom stereocenters. The van der Waals surface area contributed by atoms with Crippen molar-refractivity contribution in [1.82, 2.24) is 10.2 Å². The zero-order valence-electron chi connectivity index (χ0n) is 16.6. The lowest BCUT2D eigenvalue weighted by molar-refractivity contribution is -0.129.